The fraction of sp³-hybridized carbons (Fsp3) is 0.222. The minimum Gasteiger partial charge on any atom is -0.454 e. The van der Waals surface area contributed by atoms with Gasteiger partial charge in [-0.25, -0.2) is 0 Å². The van der Waals surface area contributed by atoms with E-state index in [0.29, 0.717) is 48.3 Å². The van der Waals surface area contributed by atoms with Gasteiger partial charge in [0.1, 0.15) is 11.4 Å². The molecule has 0 bridgehead atoms. The van der Waals surface area contributed by atoms with Crippen LogP contribution < -0.4 is 20.5 Å². The van der Waals surface area contributed by atoms with Gasteiger partial charge in [-0.05, 0) is 42.0 Å². The second-order valence-electron chi connectivity index (χ2n) is 8.83. The number of nitrogens with one attached hydrogen (secondary N) is 2. The largest absolute Gasteiger partial charge is 0.454 e. The first-order chi connectivity index (χ1) is 17.6. The number of hydrogen-bond acceptors (Lipinski definition) is 7. The highest BCUT2D eigenvalue weighted by atomic mass is 35.5. The molecule has 182 valence electrons. The van der Waals surface area contributed by atoms with E-state index in [-0.39, 0.29) is 5.56 Å². The molecular weight excluding hydrogens is 478 g/mol. The normalized spacial score (nSPS) is 14.5. The summed E-state index contributed by atoms with van der Waals surface area (Å²) >= 11 is 6.04. The van der Waals surface area contributed by atoms with Crippen molar-refractivity contribution in [1.82, 2.24) is 15.0 Å². The van der Waals surface area contributed by atoms with Crippen LogP contribution in [0.1, 0.15) is 16.7 Å². The monoisotopic (exact) mass is 501 g/mol. The van der Waals surface area contributed by atoms with Crippen LogP contribution in [0, 0.1) is 0 Å². The van der Waals surface area contributed by atoms with Gasteiger partial charge in [0.05, 0.1) is 23.9 Å². The molecule has 4 aromatic rings. The fourth-order valence-corrected chi connectivity index (χ4v) is 4.79. The lowest BCUT2D eigenvalue weighted by molar-refractivity contribution is 0.122. The smallest absolute Gasteiger partial charge is 0.250 e. The van der Waals surface area contributed by atoms with E-state index >= 15 is 0 Å². The first-order valence-electron chi connectivity index (χ1n) is 11.8. The molecule has 8 nitrogen and oxygen atoms in total. The maximum Gasteiger partial charge on any atom is 0.250 e. The third kappa shape index (κ3) is 4.65. The number of morpholine rings is 1. The molecule has 0 aliphatic carbocycles. The summed E-state index contributed by atoms with van der Waals surface area (Å²) in [6, 6.07) is 13.5. The molecule has 2 N–H and O–H groups in total. The zero-order chi connectivity index (χ0) is 24.5. The molecule has 0 unspecified atom stereocenters. The number of benzene rings is 1. The minimum absolute atomic E-state index is 0.171. The quantitative estimate of drug-likeness (QED) is 0.362. The van der Waals surface area contributed by atoms with E-state index in [2.05, 4.69) is 31.2 Å². The Hall–Kier alpha value is -3.88. The van der Waals surface area contributed by atoms with Gasteiger partial charge < -0.3 is 24.7 Å². The van der Waals surface area contributed by atoms with E-state index in [1.54, 1.807) is 24.7 Å². The highest BCUT2D eigenvalue weighted by Gasteiger charge is 2.23. The number of pyridine rings is 3. The molecule has 9 heteroatoms. The van der Waals surface area contributed by atoms with Gasteiger partial charge in [-0.1, -0.05) is 11.6 Å². The third-order valence-corrected chi connectivity index (χ3v) is 6.56. The molecule has 0 atom stereocenters. The second kappa shape index (κ2) is 9.64. The van der Waals surface area contributed by atoms with E-state index < -0.39 is 0 Å². The van der Waals surface area contributed by atoms with Crippen molar-refractivity contribution in [1.29, 1.82) is 0 Å². The molecule has 0 amide bonds. The summed E-state index contributed by atoms with van der Waals surface area (Å²) in [5, 5.41) is 4.04. The van der Waals surface area contributed by atoms with Crippen LogP contribution in [-0.2, 0) is 17.7 Å². The molecule has 1 fully saturated rings. The van der Waals surface area contributed by atoms with Gasteiger partial charge >= 0.3 is 0 Å². The number of aromatic nitrogens is 3. The maximum absolute atomic E-state index is 12.5. The van der Waals surface area contributed by atoms with Gasteiger partial charge in [0.2, 0.25) is 0 Å². The number of anilines is 2. The van der Waals surface area contributed by atoms with Crippen LogP contribution >= 0.6 is 11.6 Å². The number of aromatic amines is 1. The van der Waals surface area contributed by atoms with Crippen molar-refractivity contribution in [2.75, 3.05) is 36.5 Å². The predicted molar refractivity (Wildman–Crippen MR) is 139 cm³/mol. The van der Waals surface area contributed by atoms with Crippen LogP contribution in [0.25, 0.3) is 11.4 Å². The molecule has 1 aromatic carbocycles. The number of hydrogen-bond donors (Lipinski definition) is 2. The van der Waals surface area contributed by atoms with Gasteiger partial charge in [-0.3, -0.25) is 14.8 Å². The van der Waals surface area contributed by atoms with Gasteiger partial charge in [-0.15, -0.1) is 0 Å². The number of ether oxygens (including phenoxy) is 2. The van der Waals surface area contributed by atoms with Crippen LogP contribution in [0.15, 0.2) is 65.8 Å². The predicted octanol–water partition coefficient (Wildman–Crippen LogP) is 4.63. The Morgan fingerprint density at radius 1 is 1.06 bits per heavy atom. The summed E-state index contributed by atoms with van der Waals surface area (Å²) in [4.78, 5) is 26.3. The highest BCUT2D eigenvalue weighted by molar-refractivity contribution is 6.30. The first-order valence-corrected chi connectivity index (χ1v) is 12.2. The molecule has 3 aromatic heterocycles. The molecule has 5 heterocycles. The van der Waals surface area contributed by atoms with Gasteiger partial charge in [0.15, 0.2) is 5.75 Å². The van der Waals surface area contributed by atoms with Crippen LogP contribution in [0.4, 0.5) is 11.4 Å². The second-order valence-corrected chi connectivity index (χ2v) is 9.27. The third-order valence-electron chi connectivity index (χ3n) is 6.36. The minimum atomic E-state index is -0.171. The summed E-state index contributed by atoms with van der Waals surface area (Å²) < 4.78 is 11.8. The van der Waals surface area contributed by atoms with Gasteiger partial charge in [-0.2, -0.15) is 0 Å². The number of nitrogens with zero attached hydrogens (tertiary/aromatic N) is 3. The number of halogens is 1. The van der Waals surface area contributed by atoms with Gasteiger partial charge in [0.25, 0.3) is 5.56 Å². The van der Waals surface area contributed by atoms with Crippen molar-refractivity contribution >= 4 is 23.0 Å². The summed E-state index contributed by atoms with van der Waals surface area (Å²) in [5.74, 6) is 1.45. The van der Waals surface area contributed by atoms with Crippen molar-refractivity contribution in [2.24, 2.45) is 0 Å². The van der Waals surface area contributed by atoms with Crippen molar-refractivity contribution in [3.63, 3.8) is 0 Å². The number of H-pyrrole nitrogens is 1. The molecule has 36 heavy (non-hydrogen) atoms. The molecule has 6 rings (SSSR count). The standard InChI is InChI=1S/C27H24ClN5O3/c28-20-9-17(14-29-16-20)15-31-21-1-2-24-19(11-21)10-18-3-4-30-26(27(18)36-24)23-12-22(13-25(34)32-23)33-5-7-35-8-6-33/h1-4,9,11-14,16,31H,5-8,10,15H2,(H,32,34). The van der Waals surface area contributed by atoms with E-state index in [4.69, 9.17) is 21.1 Å². The summed E-state index contributed by atoms with van der Waals surface area (Å²) in [7, 11) is 0. The highest BCUT2D eigenvalue weighted by Crippen LogP contribution is 2.42. The summed E-state index contributed by atoms with van der Waals surface area (Å²) in [6.07, 6.45) is 5.87. The molecular formula is C27H24ClN5O3. The molecule has 0 saturated carbocycles. The molecule has 0 spiro atoms. The zero-order valence-corrected chi connectivity index (χ0v) is 20.2. The fourth-order valence-electron chi connectivity index (χ4n) is 4.59. The van der Waals surface area contributed by atoms with Crippen LogP contribution in [-0.4, -0.2) is 41.3 Å². The Kier molecular flexibility index (Phi) is 6.04. The molecule has 1 saturated heterocycles. The summed E-state index contributed by atoms with van der Waals surface area (Å²) in [5.41, 5.74) is 6.03. The van der Waals surface area contributed by atoms with E-state index in [0.717, 1.165) is 46.9 Å². The van der Waals surface area contributed by atoms with Crippen molar-refractivity contribution in [3.05, 3.63) is 93.1 Å². The lowest BCUT2D eigenvalue weighted by Gasteiger charge is -2.29. The summed E-state index contributed by atoms with van der Waals surface area (Å²) in [6.45, 7) is 3.40. The van der Waals surface area contributed by atoms with Crippen LogP contribution in [0.5, 0.6) is 11.5 Å². The zero-order valence-electron chi connectivity index (χ0n) is 19.5. The lowest BCUT2D eigenvalue weighted by atomic mass is 9.99. The Morgan fingerprint density at radius 2 is 1.94 bits per heavy atom. The Balaban J connectivity index is 1.26. The Bertz CT molecular complexity index is 1480. The molecule has 2 aliphatic rings. The maximum atomic E-state index is 12.5. The van der Waals surface area contributed by atoms with Gasteiger partial charge in [0, 0.05) is 73.2 Å². The van der Waals surface area contributed by atoms with Crippen molar-refractivity contribution in [3.8, 4) is 22.9 Å². The first kappa shape index (κ1) is 22.6. The lowest BCUT2D eigenvalue weighted by Crippen LogP contribution is -2.36. The van der Waals surface area contributed by atoms with Crippen LogP contribution in [0.2, 0.25) is 5.02 Å². The van der Waals surface area contributed by atoms with E-state index in [1.165, 1.54) is 0 Å². The Morgan fingerprint density at radius 3 is 2.81 bits per heavy atom. The van der Waals surface area contributed by atoms with Crippen molar-refractivity contribution < 1.29 is 9.47 Å². The van der Waals surface area contributed by atoms with Crippen molar-refractivity contribution in [2.45, 2.75) is 13.0 Å². The average molecular weight is 502 g/mol. The van der Waals surface area contributed by atoms with E-state index in [1.807, 2.05) is 30.3 Å². The number of fused-ring (bicyclic) bond motifs is 2. The van der Waals surface area contributed by atoms with E-state index in [9.17, 15) is 4.79 Å². The SMILES string of the molecule is O=c1cc(N2CCOCC2)cc(-c2nccc3c2Oc2ccc(NCc4cncc(Cl)c4)cc2C3)[nH]1. The molecule has 2 aliphatic heterocycles. The van der Waals surface area contributed by atoms with Crippen LogP contribution in [0.3, 0.4) is 0 Å². The number of rotatable bonds is 5. The topological polar surface area (TPSA) is 92.4 Å². The molecule has 0 radical (unpaired) electrons. The average Bonchev–Trinajstić information content (AvgIpc) is 2.90. The Labute approximate surface area is 212 Å².